The molecular weight excluding hydrogens is 294 g/mol. The first-order valence-corrected chi connectivity index (χ1v) is 7.15. The van der Waals surface area contributed by atoms with E-state index in [0.717, 1.165) is 17.7 Å². The molecule has 1 heterocycles. The number of carbonyl (C=O) groups is 2. The van der Waals surface area contributed by atoms with Crippen LogP contribution in [0.15, 0.2) is 29.3 Å². The number of carbonyl (C=O) groups excluding carboxylic acids is 2. The first-order chi connectivity index (χ1) is 10.0. The van der Waals surface area contributed by atoms with Crippen LogP contribution in [0.4, 0.5) is 5.69 Å². The van der Waals surface area contributed by atoms with E-state index in [1.165, 1.54) is 18.2 Å². The highest BCUT2D eigenvalue weighted by Gasteiger charge is 2.39. The van der Waals surface area contributed by atoms with E-state index in [-0.39, 0.29) is 22.4 Å². The van der Waals surface area contributed by atoms with Crippen LogP contribution in [-0.4, -0.2) is 22.0 Å². The summed E-state index contributed by atoms with van der Waals surface area (Å²) in [6.45, 7) is 0. The normalized spacial score (nSPS) is 18.8. The maximum absolute atomic E-state index is 12.4. The average molecular weight is 308 g/mol. The molecule has 0 spiro atoms. The van der Waals surface area contributed by atoms with E-state index in [1.54, 1.807) is 0 Å². The van der Waals surface area contributed by atoms with Gasteiger partial charge in [0.15, 0.2) is 6.29 Å². The Balaban J connectivity index is 1.97. The molecule has 0 fully saturated rings. The molecule has 2 aliphatic rings. The summed E-state index contributed by atoms with van der Waals surface area (Å²) in [4.78, 5) is 25.9. The summed E-state index contributed by atoms with van der Waals surface area (Å²) in [5.74, 6) is -0.578. The predicted octanol–water partition coefficient (Wildman–Crippen LogP) is 2.07. The van der Waals surface area contributed by atoms with Crippen molar-refractivity contribution in [3.05, 3.63) is 39.9 Å². The molecule has 3 rings (SSSR count). The molecule has 110 valence electrons. The summed E-state index contributed by atoms with van der Waals surface area (Å²) in [6, 6.07) is 4.31. The summed E-state index contributed by atoms with van der Waals surface area (Å²) in [5.41, 5.74) is 1.70. The van der Waals surface area contributed by atoms with Gasteiger partial charge in [-0.25, -0.2) is 4.90 Å². The van der Waals surface area contributed by atoms with Gasteiger partial charge in [0.05, 0.1) is 10.7 Å². The second-order valence-corrected chi connectivity index (χ2v) is 5.60. The monoisotopic (exact) mass is 307 g/mol. The van der Waals surface area contributed by atoms with Gasteiger partial charge >= 0.3 is 0 Å². The number of imide groups is 1. The zero-order valence-electron chi connectivity index (χ0n) is 11.2. The molecule has 1 aromatic carbocycles. The number of benzene rings is 1. The Morgan fingerprint density at radius 1 is 1.05 bits per heavy atom. The van der Waals surface area contributed by atoms with Gasteiger partial charge in [-0.3, -0.25) is 9.59 Å². The lowest BCUT2D eigenvalue weighted by atomic mass is 9.93. The molecule has 2 amide bonds. The minimum Gasteiger partial charge on any atom is -0.364 e. The zero-order valence-corrected chi connectivity index (χ0v) is 11.9. The van der Waals surface area contributed by atoms with Gasteiger partial charge in [0.25, 0.3) is 11.8 Å². The van der Waals surface area contributed by atoms with Crippen LogP contribution < -0.4 is 4.90 Å². The first kappa shape index (κ1) is 14.3. The highest BCUT2D eigenvalue weighted by molar-refractivity contribution is 6.34. The summed E-state index contributed by atoms with van der Waals surface area (Å²) in [6.07, 6.45) is 1.42. The molecule has 1 aliphatic heterocycles. The molecule has 0 saturated heterocycles. The second-order valence-electron chi connectivity index (χ2n) is 5.19. The number of hydrogen-bond acceptors (Lipinski definition) is 4. The summed E-state index contributed by atoms with van der Waals surface area (Å²) in [5, 5.41) is 18.4. The Bertz CT molecular complexity index is 638. The third-order valence-corrected chi connectivity index (χ3v) is 4.24. The summed E-state index contributed by atoms with van der Waals surface area (Å²) in [7, 11) is 0. The number of anilines is 1. The van der Waals surface area contributed by atoms with Crippen molar-refractivity contribution in [2.75, 3.05) is 4.90 Å². The first-order valence-electron chi connectivity index (χ1n) is 6.77. The molecule has 21 heavy (non-hydrogen) atoms. The number of aliphatic hydroxyl groups excluding tert-OH is 1. The Morgan fingerprint density at radius 3 is 2.10 bits per heavy atom. The van der Waals surface area contributed by atoms with Gasteiger partial charge in [-0.1, -0.05) is 17.7 Å². The van der Waals surface area contributed by atoms with E-state index in [1.807, 2.05) is 0 Å². The third kappa shape index (κ3) is 2.27. The van der Waals surface area contributed by atoms with Crippen LogP contribution in [0.1, 0.15) is 37.5 Å². The lowest BCUT2D eigenvalue weighted by Gasteiger charge is -2.17. The van der Waals surface area contributed by atoms with Crippen LogP contribution in [0.2, 0.25) is 5.02 Å². The van der Waals surface area contributed by atoms with Gasteiger partial charge in [-0.15, -0.1) is 0 Å². The van der Waals surface area contributed by atoms with E-state index in [2.05, 4.69) is 0 Å². The molecule has 0 aromatic heterocycles. The molecule has 0 bridgehead atoms. The van der Waals surface area contributed by atoms with Crippen molar-refractivity contribution in [1.29, 1.82) is 0 Å². The maximum Gasteiger partial charge on any atom is 0.261 e. The smallest absolute Gasteiger partial charge is 0.261 e. The van der Waals surface area contributed by atoms with Crippen LogP contribution in [0.3, 0.4) is 0 Å². The molecule has 1 aliphatic carbocycles. The van der Waals surface area contributed by atoms with Crippen LogP contribution >= 0.6 is 11.6 Å². The molecule has 0 atom stereocenters. The lowest BCUT2D eigenvalue weighted by Crippen LogP contribution is -2.31. The number of nitrogens with zero attached hydrogens (tertiary/aromatic N) is 1. The van der Waals surface area contributed by atoms with Crippen molar-refractivity contribution in [2.45, 2.75) is 32.0 Å². The van der Waals surface area contributed by atoms with Gasteiger partial charge in [-0.2, -0.15) is 0 Å². The van der Waals surface area contributed by atoms with Gasteiger partial charge in [0.2, 0.25) is 0 Å². The Labute approximate surface area is 126 Å². The molecule has 6 heteroatoms. The minimum absolute atomic E-state index is 0.105. The summed E-state index contributed by atoms with van der Waals surface area (Å²) >= 11 is 5.97. The van der Waals surface area contributed by atoms with Crippen LogP contribution in [0, 0.1) is 0 Å². The van der Waals surface area contributed by atoms with Crippen molar-refractivity contribution in [1.82, 2.24) is 0 Å². The molecular formula is C15H14ClNO4. The van der Waals surface area contributed by atoms with Gasteiger partial charge in [0.1, 0.15) is 0 Å². The van der Waals surface area contributed by atoms with E-state index < -0.39 is 6.29 Å². The maximum atomic E-state index is 12.4. The van der Waals surface area contributed by atoms with Crippen molar-refractivity contribution >= 4 is 29.1 Å². The Morgan fingerprint density at radius 2 is 1.62 bits per heavy atom. The van der Waals surface area contributed by atoms with Crippen molar-refractivity contribution < 1.29 is 19.8 Å². The van der Waals surface area contributed by atoms with Crippen LogP contribution in [-0.2, 0) is 9.59 Å². The van der Waals surface area contributed by atoms with Crippen molar-refractivity contribution in [3.63, 3.8) is 0 Å². The highest BCUT2D eigenvalue weighted by Crippen LogP contribution is 2.37. The SMILES string of the molecule is O=C1C2=C(CCCC2)C(=O)N1c1ccc(C(O)O)c(Cl)c1. The molecule has 0 saturated carbocycles. The zero-order chi connectivity index (χ0) is 15.1. The Kier molecular flexibility index (Phi) is 3.57. The molecule has 5 nitrogen and oxygen atoms in total. The van der Waals surface area contributed by atoms with E-state index >= 15 is 0 Å². The molecule has 1 aromatic rings. The average Bonchev–Trinajstić information content (AvgIpc) is 2.71. The topological polar surface area (TPSA) is 77.8 Å². The second kappa shape index (κ2) is 5.26. The fraction of sp³-hybridized carbons (Fsp3) is 0.333. The van der Waals surface area contributed by atoms with Crippen LogP contribution in [0.25, 0.3) is 0 Å². The minimum atomic E-state index is -1.69. The number of rotatable bonds is 2. The highest BCUT2D eigenvalue weighted by atomic mass is 35.5. The molecule has 2 N–H and O–H groups in total. The lowest BCUT2D eigenvalue weighted by molar-refractivity contribution is -0.120. The van der Waals surface area contributed by atoms with Crippen molar-refractivity contribution in [2.24, 2.45) is 0 Å². The van der Waals surface area contributed by atoms with Crippen molar-refractivity contribution in [3.8, 4) is 0 Å². The fourth-order valence-corrected chi connectivity index (χ4v) is 3.11. The largest absolute Gasteiger partial charge is 0.364 e. The van der Waals surface area contributed by atoms with E-state index in [9.17, 15) is 9.59 Å². The predicted molar refractivity (Wildman–Crippen MR) is 76.6 cm³/mol. The molecule has 0 radical (unpaired) electrons. The number of hydrogen-bond donors (Lipinski definition) is 2. The summed E-state index contributed by atoms with van der Waals surface area (Å²) < 4.78 is 0. The standard InChI is InChI=1S/C15H14ClNO4/c16-12-7-8(5-6-11(12)15(20)21)17-13(18)9-3-1-2-4-10(9)14(17)19/h5-7,15,20-21H,1-4H2. The van der Waals surface area contributed by atoms with E-state index in [4.69, 9.17) is 21.8 Å². The Hall–Kier alpha value is -1.69. The van der Waals surface area contributed by atoms with Crippen LogP contribution in [0.5, 0.6) is 0 Å². The number of aliphatic hydroxyl groups is 2. The van der Waals surface area contributed by atoms with Gasteiger partial charge < -0.3 is 10.2 Å². The van der Waals surface area contributed by atoms with Gasteiger partial charge in [-0.05, 0) is 37.8 Å². The number of amides is 2. The van der Waals surface area contributed by atoms with E-state index in [0.29, 0.717) is 29.7 Å². The fourth-order valence-electron chi connectivity index (χ4n) is 2.84. The molecule has 0 unspecified atom stereocenters. The quantitative estimate of drug-likeness (QED) is 0.647. The number of halogens is 1. The third-order valence-electron chi connectivity index (χ3n) is 3.91. The van der Waals surface area contributed by atoms with Gasteiger partial charge in [0, 0.05) is 16.7 Å².